The van der Waals surface area contributed by atoms with E-state index in [0.29, 0.717) is 34.8 Å². The third-order valence-electron chi connectivity index (χ3n) is 5.23. The smallest absolute Gasteiger partial charge is 0.229 e. The molecule has 2 aliphatic rings. The first-order valence-corrected chi connectivity index (χ1v) is 9.56. The maximum Gasteiger partial charge on any atom is 0.229 e. The molecule has 0 saturated heterocycles. The van der Waals surface area contributed by atoms with Crippen molar-refractivity contribution in [2.75, 3.05) is 5.32 Å². The number of carbonyl (C=O) groups excluding carboxylic acids is 2. The summed E-state index contributed by atoms with van der Waals surface area (Å²) in [7, 11) is 0. The van der Waals surface area contributed by atoms with E-state index >= 15 is 0 Å². The van der Waals surface area contributed by atoms with Crippen molar-refractivity contribution in [2.45, 2.75) is 39.2 Å². The van der Waals surface area contributed by atoms with Crippen LogP contribution in [0.25, 0.3) is 11.5 Å². The number of nitrogens with zero attached hydrogens (tertiary/aromatic N) is 1. The molecule has 2 amide bonds. The summed E-state index contributed by atoms with van der Waals surface area (Å²) in [6.07, 6.45) is 4.72. The second-order valence-electron chi connectivity index (χ2n) is 6.98. The molecule has 2 N–H and O–H groups in total. The van der Waals surface area contributed by atoms with Crippen molar-refractivity contribution in [1.82, 2.24) is 10.3 Å². The van der Waals surface area contributed by atoms with E-state index in [1.54, 1.807) is 0 Å². The van der Waals surface area contributed by atoms with Gasteiger partial charge < -0.3 is 15.1 Å². The normalized spacial score (nSPS) is 24.4. The van der Waals surface area contributed by atoms with Crippen LogP contribution >= 0.6 is 11.3 Å². The molecule has 0 aliphatic heterocycles. The summed E-state index contributed by atoms with van der Waals surface area (Å²) in [5.41, 5.74) is 0.697. The van der Waals surface area contributed by atoms with Gasteiger partial charge in [0.1, 0.15) is 11.5 Å². The maximum absolute atomic E-state index is 12.5. The maximum atomic E-state index is 12.5. The first-order valence-electron chi connectivity index (χ1n) is 8.68. The SMILES string of the molecule is CC(=O)NCc1ccc(-c2csc(NC(=O)[C@H]3C[C@H]4CC[C@H]3C4)n2)o1. The number of nitrogens with one attached hydrogen (secondary N) is 2. The second kappa shape index (κ2) is 6.63. The molecular weight excluding hydrogens is 338 g/mol. The zero-order valence-electron chi connectivity index (χ0n) is 14.1. The minimum absolute atomic E-state index is 0.0998. The summed E-state index contributed by atoms with van der Waals surface area (Å²) >= 11 is 1.41. The number of rotatable bonds is 5. The van der Waals surface area contributed by atoms with Gasteiger partial charge in [-0.15, -0.1) is 11.3 Å². The Hall–Kier alpha value is -2.15. The molecule has 25 heavy (non-hydrogen) atoms. The lowest BCUT2D eigenvalue weighted by atomic mass is 9.88. The third-order valence-corrected chi connectivity index (χ3v) is 5.99. The molecule has 2 bridgehead atoms. The van der Waals surface area contributed by atoms with Crippen LogP contribution in [0.4, 0.5) is 5.13 Å². The van der Waals surface area contributed by atoms with Crippen molar-refractivity contribution in [1.29, 1.82) is 0 Å². The lowest BCUT2D eigenvalue weighted by Gasteiger charge is -2.19. The lowest BCUT2D eigenvalue weighted by Crippen LogP contribution is -2.27. The fourth-order valence-corrected chi connectivity index (χ4v) is 4.73. The van der Waals surface area contributed by atoms with Crippen LogP contribution in [-0.4, -0.2) is 16.8 Å². The molecule has 0 aromatic carbocycles. The molecule has 0 unspecified atom stereocenters. The van der Waals surface area contributed by atoms with Crippen molar-refractivity contribution < 1.29 is 14.0 Å². The number of thiazole rings is 1. The highest BCUT2D eigenvalue weighted by molar-refractivity contribution is 7.14. The van der Waals surface area contributed by atoms with Gasteiger partial charge in [-0.05, 0) is 43.2 Å². The lowest BCUT2D eigenvalue weighted by molar-refractivity contribution is -0.121. The van der Waals surface area contributed by atoms with Crippen molar-refractivity contribution in [3.05, 3.63) is 23.3 Å². The zero-order valence-corrected chi connectivity index (χ0v) is 14.9. The summed E-state index contributed by atoms with van der Waals surface area (Å²) in [4.78, 5) is 27.9. The third kappa shape index (κ3) is 3.46. The molecular formula is C18H21N3O3S. The van der Waals surface area contributed by atoms with E-state index < -0.39 is 0 Å². The van der Waals surface area contributed by atoms with Crippen LogP contribution in [0.5, 0.6) is 0 Å². The van der Waals surface area contributed by atoms with Crippen molar-refractivity contribution in [2.24, 2.45) is 17.8 Å². The number of amides is 2. The minimum atomic E-state index is -0.0998. The molecule has 2 heterocycles. The fourth-order valence-electron chi connectivity index (χ4n) is 4.03. The Kier molecular flexibility index (Phi) is 4.33. The van der Waals surface area contributed by atoms with Gasteiger partial charge >= 0.3 is 0 Å². The van der Waals surface area contributed by atoms with Gasteiger partial charge in [0.15, 0.2) is 10.9 Å². The summed E-state index contributed by atoms with van der Waals surface area (Å²) < 4.78 is 5.70. The number of fused-ring (bicyclic) bond motifs is 2. The molecule has 2 saturated carbocycles. The van der Waals surface area contributed by atoms with E-state index in [0.717, 1.165) is 12.3 Å². The first kappa shape index (κ1) is 16.3. The zero-order chi connectivity index (χ0) is 17.4. The Morgan fingerprint density at radius 3 is 2.92 bits per heavy atom. The van der Waals surface area contributed by atoms with Crippen molar-refractivity contribution >= 4 is 28.3 Å². The highest BCUT2D eigenvalue weighted by Crippen LogP contribution is 2.48. The molecule has 2 aliphatic carbocycles. The van der Waals surface area contributed by atoms with Crippen molar-refractivity contribution in [3.63, 3.8) is 0 Å². The topological polar surface area (TPSA) is 84.2 Å². The monoisotopic (exact) mass is 359 g/mol. The summed E-state index contributed by atoms with van der Waals surface area (Å²) in [5.74, 6) is 2.78. The van der Waals surface area contributed by atoms with Crippen LogP contribution in [0.2, 0.25) is 0 Å². The van der Waals surface area contributed by atoms with Gasteiger partial charge in [-0.25, -0.2) is 4.98 Å². The Bertz CT molecular complexity index is 797. The number of aromatic nitrogens is 1. The van der Waals surface area contributed by atoms with Gasteiger partial charge in [-0.2, -0.15) is 0 Å². The van der Waals surface area contributed by atoms with Gasteiger partial charge in [0.2, 0.25) is 11.8 Å². The summed E-state index contributed by atoms with van der Waals surface area (Å²) in [5, 5.41) is 8.16. The molecule has 6 nitrogen and oxygen atoms in total. The van der Waals surface area contributed by atoms with Crippen LogP contribution in [-0.2, 0) is 16.1 Å². The predicted octanol–water partition coefficient (Wildman–Crippen LogP) is 3.41. The fraction of sp³-hybridized carbons (Fsp3) is 0.500. The summed E-state index contributed by atoms with van der Waals surface area (Å²) in [6.45, 7) is 1.82. The molecule has 0 radical (unpaired) electrons. The Labute approximate surface area is 150 Å². The van der Waals surface area contributed by atoms with Gasteiger partial charge in [0.25, 0.3) is 0 Å². The molecule has 2 fully saturated rings. The average Bonchev–Trinajstić information content (AvgIpc) is 3.35. The number of carbonyl (C=O) groups is 2. The van der Waals surface area contributed by atoms with Crippen LogP contribution in [0, 0.1) is 17.8 Å². The number of hydrogen-bond acceptors (Lipinski definition) is 5. The second-order valence-corrected chi connectivity index (χ2v) is 7.84. The van der Waals surface area contributed by atoms with Gasteiger partial charge in [0.05, 0.1) is 6.54 Å². The summed E-state index contributed by atoms with van der Waals surface area (Å²) in [6, 6.07) is 3.64. The van der Waals surface area contributed by atoms with Crippen LogP contribution in [0.3, 0.4) is 0 Å². The van der Waals surface area contributed by atoms with E-state index in [1.807, 2.05) is 17.5 Å². The van der Waals surface area contributed by atoms with Gasteiger partial charge in [-0.3, -0.25) is 9.59 Å². The van der Waals surface area contributed by atoms with Gasteiger partial charge in [0, 0.05) is 18.2 Å². The first-order chi connectivity index (χ1) is 12.1. The van der Waals surface area contributed by atoms with E-state index in [9.17, 15) is 9.59 Å². The highest BCUT2D eigenvalue weighted by atomic mass is 32.1. The minimum Gasteiger partial charge on any atom is -0.458 e. The largest absolute Gasteiger partial charge is 0.458 e. The molecule has 2 aromatic heterocycles. The van der Waals surface area contributed by atoms with Crippen LogP contribution < -0.4 is 10.6 Å². The molecule has 0 spiro atoms. The van der Waals surface area contributed by atoms with Crippen LogP contribution in [0.15, 0.2) is 21.9 Å². The Morgan fingerprint density at radius 1 is 1.32 bits per heavy atom. The molecule has 4 rings (SSSR count). The molecule has 3 atom stereocenters. The highest BCUT2D eigenvalue weighted by Gasteiger charge is 2.43. The average molecular weight is 359 g/mol. The molecule has 132 valence electrons. The molecule has 7 heteroatoms. The predicted molar refractivity (Wildman–Crippen MR) is 94.9 cm³/mol. The number of furan rings is 1. The number of hydrogen-bond donors (Lipinski definition) is 2. The van der Waals surface area contributed by atoms with Crippen LogP contribution in [0.1, 0.15) is 38.4 Å². The van der Waals surface area contributed by atoms with E-state index in [2.05, 4.69) is 15.6 Å². The van der Waals surface area contributed by atoms with E-state index in [-0.39, 0.29) is 17.7 Å². The Morgan fingerprint density at radius 2 is 2.20 bits per heavy atom. The van der Waals surface area contributed by atoms with E-state index in [4.69, 9.17) is 4.42 Å². The van der Waals surface area contributed by atoms with E-state index in [1.165, 1.54) is 37.5 Å². The molecule has 2 aromatic rings. The number of anilines is 1. The quantitative estimate of drug-likeness (QED) is 0.857. The van der Waals surface area contributed by atoms with Crippen molar-refractivity contribution in [3.8, 4) is 11.5 Å². The van der Waals surface area contributed by atoms with Gasteiger partial charge in [-0.1, -0.05) is 6.42 Å². The Balaban J connectivity index is 1.38. The standard InChI is InChI=1S/C18H21N3O3S/c1-10(22)19-8-13-4-5-16(24-13)15-9-25-18(20-15)21-17(23)14-7-11-2-3-12(14)6-11/h4-5,9,11-12,14H,2-3,6-8H2,1H3,(H,19,22)(H,20,21,23)/t11-,12-,14-/m0/s1.